The third-order valence-electron chi connectivity index (χ3n) is 6.09. The van der Waals surface area contributed by atoms with Crippen LogP contribution < -0.4 is 4.74 Å². The number of esters is 1. The SMILES string of the molecule is CN(C)CC(c1ccc(OC2OC(=O)c3ccccc32)cc1)C1(O)CCCCC1. The summed E-state index contributed by atoms with van der Waals surface area (Å²) < 4.78 is 11.3. The van der Waals surface area contributed by atoms with Crippen LogP contribution in [0.1, 0.15) is 65.8 Å². The third kappa shape index (κ3) is 4.16. The monoisotopic (exact) mass is 395 g/mol. The van der Waals surface area contributed by atoms with E-state index in [1.54, 1.807) is 6.07 Å². The van der Waals surface area contributed by atoms with Gasteiger partial charge in [-0.15, -0.1) is 0 Å². The zero-order chi connectivity index (χ0) is 20.4. The Labute approximate surface area is 172 Å². The van der Waals surface area contributed by atoms with Gasteiger partial charge in [0.25, 0.3) is 6.29 Å². The van der Waals surface area contributed by atoms with E-state index in [9.17, 15) is 9.90 Å². The predicted octanol–water partition coefficient (Wildman–Crippen LogP) is 4.28. The Morgan fingerprint density at radius 3 is 2.48 bits per heavy atom. The first kappa shape index (κ1) is 19.9. The zero-order valence-corrected chi connectivity index (χ0v) is 17.1. The summed E-state index contributed by atoms with van der Waals surface area (Å²) in [4.78, 5) is 14.1. The van der Waals surface area contributed by atoms with Crippen molar-refractivity contribution in [1.29, 1.82) is 0 Å². The number of carbonyl (C=O) groups is 1. The largest absolute Gasteiger partial charge is 0.450 e. The minimum atomic E-state index is -0.718. The molecule has 1 fully saturated rings. The second kappa shape index (κ2) is 8.17. The van der Waals surface area contributed by atoms with Gasteiger partial charge in [-0.05, 0) is 50.7 Å². The van der Waals surface area contributed by atoms with E-state index in [1.165, 1.54) is 6.42 Å². The van der Waals surface area contributed by atoms with Crippen molar-refractivity contribution in [2.45, 2.75) is 49.9 Å². The fourth-order valence-corrected chi connectivity index (χ4v) is 4.57. The standard InChI is InChI=1S/C24H29NO4/c1-25(2)16-21(24(27)14-6-3-7-15-24)17-10-12-18(13-11-17)28-23-20-9-5-4-8-19(20)22(26)29-23/h4-5,8-13,21,23,27H,3,6-7,14-16H2,1-2H3. The number of hydrogen-bond acceptors (Lipinski definition) is 5. The smallest absolute Gasteiger partial charge is 0.342 e. The van der Waals surface area contributed by atoms with E-state index in [-0.39, 0.29) is 11.9 Å². The van der Waals surface area contributed by atoms with Crippen molar-refractivity contribution in [2.75, 3.05) is 20.6 Å². The number of cyclic esters (lactones) is 1. The maximum absolute atomic E-state index is 12.0. The number of hydrogen-bond donors (Lipinski definition) is 1. The van der Waals surface area contributed by atoms with Crippen LogP contribution in [0.4, 0.5) is 0 Å². The van der Waals surface area contributed by atoms with E-state index >= 15 is 0 Å². The van der Waals surface area contributed by atoms with Crippen LogP contribution in [0.2, 0.25) is 0 Å². The Kier molecular flexibility index (Phi) is 5.61. The van der Waals surface area contributed by atoms with E-state index in [4.69, 9.17) is 9.47 Å². The van der Waals surface area contributed by atoms with Crippen LogP contribution in [0.25, 0.3) is 0 Å². The van der Waals surface area contributed by atoms with Crippen molar-refractivity contribution < 1.29 is 19.4 Å². The van der Waals surface area contributed by atoms with Gasteiger partial charge in [-0.2, -0.15) is 0 Å². The van der Waals surface area contributed by atoms with Crippen molar-refractivity contribution in [3.05, 3.63) is 65.2 Å². The molecule has 1 saturated carbocycles. The number of benzene rings is 2. The highest BCUT2D eigenvalue weighted by molar-refractivity contribution is 5.93. The molecule has 5 heteroatoms. The topological polar surface area (TPSA) is 59.0 Å². The van der Waals surface area contributed by atoms with Crippen LogP contribution >= 0.6 is 0 Å². The predicted molar refractivity (Wildman–Crippen MR) is 111 cm³/mol. The van der Waals surface area contributed by atoms with Gasteiger partial charge in [0.1, 0.15) is 5.75 Å². The van der Waals surface area contributed by atoms with E-state index in [0.29, 0.717) is 11.3 Å². The molecule has 0 aromatic heterocycles. The molecule has 0 bridgehead atoms. The maximum Gasteiger partial charge on any atom is 0.342 e. The number of carbonyl (C=O) groups excluding carboxylic acids is 1. The van der Waals surface area contributed by atoms with Gasteiger partial charge in [0.15, 0.2) is 0 Å². The van der Waals surface area contributed by atoms with E-state index in [2.05, 4.69) is 4.90 Å². The van der Waals surface area contributed by atoms with Gasteiger partial charge in [-0.25, -0.2) is 4.79 Å². The molecule has 5 nitrogen and oxygen atoms in total. The highest BCUT2D eigenvalue weighted by atomic mass is 16.7. The van der Waals surface area contributed by atoms with Crippen LogP contribution in [0.3, 0.4) is 0 Å². The third-order valence-corrected chi connectivity index (χ3v) is 6.09. The molecule has 0 amide bonds. The van der Waals surface area contributed by atoms with Gasteiger partial charge in [-0.1, -0.05) is 49.6 Å². The molecule has 1 N–H and O–H groups in total. The molecule has 1 aliphatic heterocycles. The van der Waals surface area contributed by atoms with Crippen LogP contribution in [0.15, 0.2) is 48.5 Å². The summed E-state index contributed by atoms with van der Waals surface area (Å²) in [5.41, 5.74) is 1.76. The molecule has 4 rings (SSSR count). The number of rotatable bonds is 6. The van der Waals surface area contributed by atoms with Crippen molar-refractivity contribution in [1.82, 2.24) is 4.90 Å². The first-order valence-corrected chi connectivity index (χ1v) is 10.4. The summed E-state index contributed by atoms with van der Waals surface area (Å²) in [6.45, 7) is 0.796. The first-order chi connectivity index (χ1) is 14.0. The number of fused-ring (bicyclic) bond motifs is 1. The number of aliphatic hydroxyl groups is 1. The summed E-state index contributed by atoms with van der Waals surface area (Å²) in [6.07, 6.45) is 4.33. The molecule has 2 aromatic rings. The highest BCUT2D eigenvalue weighted by Crippen LogP contribution is 2.41. The summed E-state index contributed by atoms with van der Waals surface area (Å²) in [6, 6.07) is 15.1. The average molecular weight is 395 g/mol. The highest BCUT2D eigenvalue weighted by Gasteiger charge is 2.39. The maximum atomic E-state index is 12.0. The Morgan fingerprint density at radius 1 is 1.10 bits per heavy atom. The first-order valence-electron chi connectivity index (χ1n) is 10.4. The minimum absolute atomic E-state index is 0.0527. The number of nitrogens with zero attached hydrogens (tertiary/aromatic N) is 1. The van der Waals surface area contributed by atoms with Crippen molar-refractivity contribution >= 4 is 5.97 Å². The molecule has 2 aliphatic rings. The number of ether oxygens (including phenoxy) is 2. The lowest BCUT2D eigenvalue weighted by molar-refractivity contribution is -0.0384. The normalized spacial score (nSPS) is 21.5. The molecular formula is C24H29NO4. The Bertz CT molecular complexity index is 855. The summed E-state index contributed by atoms with van der Waals surface area (Å²) in [5.74, 6) is 0.340. The Balaban J connectivity index is 1.52. The Morgan fingerprint density at radius 2 is 1.79 bits per heavy atom. The lowest BCUT2D eigenvalue weighted by Crippen LogP contribution is -2.42. The Hall–Kier alpha value is -2.37. The molecule has 2 unspecified atom stereocenters. The molecule has 154 valence electrons. The molecule has 0 spiro atoms. The molecule has 1 heterocycles. The van der Waals surface area contributed by atoms with Gasteiger partial charge in [-0.3, -0.25) is 0 Å². The fourth-order valence-electron chi connectivity index (χ4n) is 4.57. The van der Waals surface area contributed by atoms with E-state index in [1.807, 2.05) is 56.6 Å². The lowest BCUT2D eigenvalue weighted by Gasteiger charge is -2.40. The van der Waals surface area contributed by atoms with E-state index < -0.39 is 11.9 Å². The van der Waals surface area contributed by atoms with Crippen LogP contribution in [0.5, 0.6) is 5.75 Å². The fraction of sp³-hybridized carbons (Fsp3) is 0.458. The lowest BCUT2D eigenvalue weighted by atomic mass is 9.72. The molecule has 0 saturated heterocycles. The second-order valence-corrected chi connectivity index (χ2v) is 8.49. The second-order valence-electron chi connectivity index (χ2n) is 8.49. The minimum Gasteiger partial charge on any atom is -0.450 e. The van der Waals surface area contributed by atoms with Gasteiger partial charge in [0, 0.05) is 18.0 Å². The summed E-state index contributed by atoms with van der Waals surface area (Å²) >= 11 is 0. The van der Waals surface area contributed by atoms with Gasteiger partial charge >= 0.3 is 5.97 Å². The van der Waals surface area contributed by atoms with E-state index in [0.717, 1.165) is 43.4 Å². The number of likely N-dealkylation sites (N-methyl/N-ethyl adjacent to an activating group) is 1. The van der Waals surface area contributed by atoms with Crippen molar-refractivity contribution in [2.24, 2.45) is 0 Å². The van der Waals surface area contributed by atoms with Crippen LogP contribution in [-0.2, 0) is 4.74 Å². The van der Waals surface area contributed by atoms with Crippen molar-refractivity contribution in [3.8, 4) is 5.75 Å². The molecule has 1 aliphatic carbocycles. The van der Waals surface area contributed by atoms with Gasteiger partial charge in [0.05, 0.1) is 11.2 Å². The molecule has 0 radical (unpaired) electrons. The molecule has 2 atom stereocenters. The average Bonchev–Trinajstić information content (AvgIpc) is 3.03. The van der Waals surface area contributed by atoms with Crippen LogP contribution in [-0.4, -0.2) is 42.2 Å². The van der Waals surface area contributed by atoms with Crippen molar-refractivity contribution in [3.63, 3.8) is 0 Å². The quantitative estimate of drug-likeness (QED) is 0.740. The molecule has 2 aromatic carbocycles. The zero-order valence-electron chi connectivity index (χ0n) is 17.1. The molecular weight excluding hydrogens is 366 g/mol. The van der Waals surface area contributed by atoms with Crippen LogP contribution in [0, 0.1) is 0 Å². The van der Waals surface area contributed by atoms with Gasteiger partial charge in [0.2, 0.25) is 0 Å². The summed E-state index contributed by atoms with van der Waals surface area (Å²) in [7, 11) is 4.09. The summed E-state index contributed by atoms with van der Waals surface area (Å²) in [5, 5.41) is 11.4. The molecule has 29 heavy (non-hydrogen) atoms. The van der Waals surface area contributed by atoms with Gasteiger partial charge < -0.3 is 19.5 Å².